The van der Waals surface area contributed by atoms with Gasteiger partial charge in [0.2, 0.25) is 0 Å². The van der Waals surface area contributed by atoms with Crippen LogP contribution >= 0.6 is 0 Å². The first-order chi connectivity index (χ1) is 7.20. The number of hydrogen-bond acceptors (Lipinski definition) is 2. The van der Waals surface area contributed by atoms with Crippen LogP contribution in [0.25, 0.3) is 0 Å². The predicted octanol–water partition coefficient (Wildman–Crippen LogP) is 2.96. The summed E-state index contributed by atoms with van der Waals surface area (Å²) in [5.41, 5.74) is 6.74. The Morgan fingerprint density at radius 3 is 3.00 bits per heavy atom. The molecule has 0 aromatic heterocycles. The van der Waals surface area contributed by atoms with Crippen LogP contribution in [0.1, 0.15) is 58.3 Å². The smallest absolute Gasteiger partial charge is 0.158 e. The van der Waals surface area contributed by atoms with Crippen molar-refractivity contribution in [1.29, 1.82) is 0 Å². The number of carbonyl (C=O) groups is 1. The first-order valence-corrected chi connectivity index (χ1v) is 6.18. The molecule has 0 aromatic carbocycles. The molecular weight excluding hydrogens is 186 g/mol. The van der Waals surface area contributed by atoms with Gasteiger partial charge in [-0.15, -0.1) is 0 Å². The third kappa shape index (κ3) is 5.12. The second-order valence-corrected chi connectivity index (χ2v) is 4.62. The standard InChI is InChI=1S/C13H23NO/c1-11(14)7-6-10-13(15)12-8-4-2-3-5-9-12/h8,11H,2-7,9-10,14H2,1H3. The summed E-state index contributed by atoms with van der Waals surface area (Å²) in [6.45, 7) is 2.00. The zero-order chi connectivity index (χ0) is 11.1. The van der Waals surface area contributed by atoms with Crippen molar-refractivity contribution in [2.24, 2.45) is 5.73 Å². The van der Waals surface area contributed by atoms with Crippen molar-refractivity contribution in [3.8, 4) is 0 Å². The highest BCUT2D eigenvalue weighted by atomic mass is 16.1. The number of Topliss-reactive ketones (excluding diaryl/α,β-unsaturated/α-hetero) is 1. The first-order valence-electron chi connectivity index (χ1n) is 6.18. The Morgan fingerprint density at radius 2 is 2.27 bits per heavy atom. The Morgan fingerprint density at radius 1 is 1.47 bits per heavy atom. The van der Waals surface area contributed by atoms with Gasteiger partial charge in [0.15, 0.2) is 5.78 Å². The predicted molar refractivity (Wildman–Crippen MR) is 63.7 cm³/mol. The molecule has 0 saturated heterocycles. The molecule has 1 unspecified atom stereocenters. The molecule has 0 aliphatic heterocycles. The van der Waals surface area contributed by atoms with Gasteiger partial charge in [-0.3, -0.25) is 4.79 Å². The molecule has 0 fully saturated rings. The molecule has 0 saturated carbocycles. The number of rotatable bonds is 5. The molecule has 15 heavy (non-hydrogen) atoms. The zero-order valence-electron chi connectivity index (χ0n) is 9.80. The maximum atomic E-state index is 11.8. The maximum Gasteiger partial charge on any atom is 0.158 e. The Labute approximate surface area is 92.9 Å². The molecule has 1 atom stereocenters. The quantitative estimate of drug-likeness (QED) is 0.756. The minimum Gasteiger partial charge on any atom is -0.328 e. The van der Waals surface area contributed by atoms with E-state index in [1.165, 1.54) is 19.3 Å². The van der Waals surface area contributed by atoms with E-state index in [1.807, 2.05) is 6.92 Å². The molecule has 2 nitrogen and oxygen atoms in total. The van der Waals surface area contributed by atoms with Gasteiger partial charge in [0, 0.05) is 12.5 Å². The fraction of sp³-hybridized carbons (Fsp3) is 0.769. The van der Waals surface area contributed by atoms with E-state index in [-0.39, 0.29) is 6.04 Å². The lowest BCUT2D eigenvalue weighted by Gasteiger charge is -2.06. The molecule has 0 radical (unpaired) electrons. The number of carbonyl (C=O) groups excluding carboxylic acids is 1. The lowest BCUT2D eigenvalue weighted by atomic mass is 10.0. The van der Waals surface area contributed by atoms with Crippen LogP contribution in [0, 0.1) is 0 Å². The normalized spacial score (nSPS) is 19.2. The van der Waals surface area contributed by atoms with Gasteiger partial charge >= 0.3 is 0 Å². The topological polar surface area (TPSA) is 43.1 Å². The molecule has 0 spiro atoms. The van der Waals surface area contributed by atoms with Crippen LogP contribution < -0.4 is 5.73 Å². The SMILES string of the molecule is CC(N)CCCC(=O)C1=CCCCCC1. The van der Waals surface area contributed by atoms with E-state index < -0.39 is 0 Å². The second-order valence-electron chi connectivity index (χ2n) is 4.62. The summed E-state index contributed by atoms with van der Waals surface area (Å²) >= 11 is 0. The van der Waals surface area contributed by atoms with Crippen molar-refractivity contribution in [3.05, 3.63) is 11.6 Å². The minimum absolute atomic E-state index is 0.223. The van der Waals surface area contributed by atoms with E-state index in [0.717, 1.165) is 31.3 Å². The summed E-state index contributed by atoms with van der Waals surface area (Å²) in [6.07, 6.45) is 10.5. The molecule has 2 N–H and O–H groups in total. The van der Waals surface area contributed by atoms with Crippen molar-refractivity contribution >= 4 is 5.78 Å². The molecule has 1 aliphatic carbocycles. The molecule has 1 aliphatic rings. The van der Waals surface area contributed by atoms with Crippen molar-refractivity contribution < 1.29 is 4.79 Å². The average molecular weight is 209 g/mol. The fourth-order valence-corrected chi connectivity index (χ4v) is 2.01. The molecule has 0 heterocycles. The van der Waals surface area contributed by atoms with Gasteiger partial charge in [-0.05, 0) is 51.0 Å². The third-order valence-corrected chi connectivity index (χ3v) is 2.96. The first kappa shape index (κ1) is 12.4. The minimum atomic E-state index is 0.223. The van der Waals surface area contributed by atoms with Gasteiger partial charge in [0.05, 0.1) is 0 Å². The fourth-order valence-electron chi connectivity index (χ4n) is 2.01. The van der Waals surface area contributed by atoms with E-state index in [4.69, 9.17) is 5.73 Å². The van der Waals surface area contributed by atoms with Gasteiger partial charge in [0.25, 0.3) is 0 Å². The summed E-state index contributed by atoms with van der Waals surface area (Å²) < 4.78 is 0. The molecule has 1 rings (SSSR count). The van der Waals surface area contributed by atoms with Gasteiger partial charge in [-0.1, -0.05) is 12.5 Å². The van der Waals surface area contributed by atoms with Crippen LogP contribution in [0.5, 0.6) is 0 Å². The van der Waals surface area contributed by atoms with Crippen molar-refractivity contribution in [1.82, 2.24) is 0 Å². The van der Waals surface area contributed by atoms with E-state index in [1.54, 1.807) is 0 Å². The highest BCUT2D eigenvalue weighted by molar-refractivity contribution is 5.95. The monoisotopic (exact) mass is 209 g/mol. The highest BCUT2D eigenvalue weighted by Gasteiger charge is 2.11. The number of ketones is 1. The van der Waals surface area contributed by atoms with Crippen LogP contribution in [0.2, 0.25) is 0 Å². The molecular formula is C13H23NO. The Kier molecular flexibility index (Phi) is 5.62. The summed E-state index contributed by atoms with van der Waals surface area (Å²) in [5.74, 6) is 0.359. The highest BCUT2D eigenvalue weighted by Crippen LogP contribution is 2.19. The molecule has 0 aromatic rings. The zero-order valence-corrected chi connectivity index (χ0v) is 9.80. The van der Waals surface area contributed by atoms with E-state index in [2.05, 4.69) is 6.08 Å². The second kappa shape index (κ2) is 6.78. The van der Waals surface area contributed by atoms with E-state index >= 15 is 0 Å². The van der Waals surface area contributed by atoms with Crippen molar-refractivity contribution in [2.45, 2.75) is 64.3 Å². The van der Waals surface area contributed by atoms with E-state index in [0.29, 0.717) is 12.2 Å². The van der Waals surface area contributed by atoms with Crippen LogP contribution in [0.15, 0.2) is 11.6 Å². The molecule has 86 valence electrons. The Bertz CT molecular complexity index is 231. The summed E-state index contributed by atoms with van der Waals surface area (Å²) in [4.78, 5) is 11.8. The van der Waals surface area contributed by atoms with Crippen LogP contribution in [-0.4, -0.2) is 11.8 Å². The van der Waals surface area contributed by atoms with Crippen molar-refractivity contribution in [3.63, 3.8) is 0 Å². The average Bonchev–Trinajstić information content (AvgIpc) is 2.44. The third-order valence-electron chi connectivity index (χ3n) is 2.96. The van der Waals surface area contributed by atoms with Gasteiger partial charge in [-0.2, -0.15) is 0 Å². The number of nitrogens with two attached hydrogens (primary N) is 1. The lowest BCUT2D eigenvalue weighted by Crippen LogP contribution is -2.15. The maximum absolute atomic E-state index is 11.8. The molecule has 2 heteroatoms. The van der Waals surface area contributed by atoms with Crippen LogP contribution in [0.4, 0.5) is 0 Å². The molecule has 0 bridgehead atoms. The summed E-state index contributed by atoms with van der Waals surface area (Å²) in [6, 6.07) is 0.223. The summed E-state index contributed by atoms with van der Waals surface area (Å²) in [7, 11) is 0. The van der Waals surface area contributed by atoms with Gasteiger partial charge in [0.1, 0.15) is 0 Å². The van der Waals surface area contributed by atoms with Crippen LogP contribution in [-0.2, 0) is 4.79 Å². The summed E-state index contributed by atoms with van der Waals surface area (Å²) in [5, 5.41) is 0. The largest absolute Gasteiger partial charge is 0.328 e. The number of hydrogen-bond donors (Lipinski definition) is 1. The molecule has 0 amide bonds. The Balaban J connectivity index is 2.29. The van der Waals surface area contributed by atoms with E-state index in [9.17, 15) is 4.79 Å². The lowest BCUT2D eigenvalue weighted by molar-refractivity contribution is -0.115. The number of allylic oxidation sites excluding steroid dienone is 2. The van der Waals surface area contributed by atoms with Crippen molar-refractivity contribution in [2.75, 3.05) is 0 Å². The van der Waals surface area contributed by atoms with Gasteiger partial charge in [-0.25, -0.2) is 0 Å². The van der Waals surface area contributed by atoms with Gasteiger partial charge < -0.3 is 5.73 Å². The van der Waals surface area contributed by atoms with Crippen LogP contribution in [0.3, 0.4) is 0 Å². The Hall–Kier alpha value is -0.630.